The largest absolute Gasteiger partial charge is 0.461 e. The number of esters is 2. The number of fused-ring (bicyclic) bond motifs is 2. The first kappa shape index (κ1) is 26.3. The summed E-state index contributed by atoms with van der Waals surface area (Å²) < 4.78 is 12.6. The molecule has 0 aromatic rings. The van der Waals surface area contributed by atoms with Crippen LogP contribution in [0.4, 0.5) is 0 Å². The van der Waals surface area contributed by atoms with Crippen LogP contribution in [-0.4, -0.2) is 29.4 Å². The summed E-state index contributed by atoms with van der Waals surface area (Å²) in [5.74, 6) is 1.65. The van der Waals surface area contributed by atoms with Crippen molar-refractivity contribution in [1.29, 1.82) is 0 Å². The molecule has 6 fully saturated rings. The third kappa shape index (κ3) is 4.04. The van der Waals surface area contributed by atoms with Crippen LogP contribution in [0.15, 0.2) is 23.3 Å². The van der Waals surface area contributed by atoms with Crippen molar-refractivity contribution in [1.82, 2.24) is 0 Å². The molecule has 5 nitrogen and oxygen atoms in total. The summed E-state index contributed by atoms with van der Waals surface area (Å²) in [6.07, 6.45) is 12.8. The number of carbonyl (C=O) groups excluding carboxylic acids is 3. The van der Waals surface area contributed by atoms with E-state index in [0.29, 0.717) is 41.6 Å². The molecule has 6 saturated carbocycles. The van der Waals surface area contributed by atoms with Crippen LogP contribution in [0.5, 0.6) is 0 Å². The van der Waals surface area contributed by atoms with E-state index in [-0.39, 0.29) is 28.5 Å². The summed E-state index contributed by atoms with van der Waals surface area (Å²) in [6.45, 7) is 12.0. The molecule has 0 spiro atoms. The van der Waals surface area contributed by atoms with E-state index in [2.05, 4.69) is 39.8 Å². The Bertz CT molecular complexity index is 1080. The Balaban J connectivity index is 1.36. The van der Waals surface area contributed by atoms with E-state index in [4.69, 9.17) is 9.47 Å². The maximum absolute atomic E-state index is 14.3. The highest BCUT2D eigenvalue weighted by molar-refractivity contribution is 6.03. The molecule has 7 aliphatic rings. The topological polar surface area (TPSA) is 69.7 Å². The molecular weight excluding hydrogens is 476 g/mol. The smallest absolute Gasteiger partial charge is 0.312 e. The number of hydrogen-bond acceptors (Lipinski definition) is 5. The molecule has 4 bridgehead atoms. The quantitative estimate of drug-likeness (QED) is 0.308. The lowest BCUT2D eigenvalue weighted by atomic mass is 9.49. The van der Waals surface area contributed by atoms with Crippen molar-refractivity contribution in [3.05, 3.63) is 23.3 Å². The maximum Gasteiger partial charge on any atom is 0.312 e. The molecule has 0 radical (unpaired) electrons. The molecule has 7 rings (SSSR count). The minimum absolute atomic E-state index is 0.0600. The number of rotatable bonds is 3. The highest BCUT2D eigenvalue weighted by atomic mass is 16.6. The van der Waals surface area contributed by atoms with Gasteiger partial charge >= 0.3 is 11.9 Å². The summed E-state index contributed by atoms with van der Waals surface area (Å²) in [5.41, 5.74) is 0.335. The number of ether oxygens (including phenoxy) is 2. The van der Waals surface area contributed by atoms with E-state index < -0.39 is 23.6 Å². The molecular formula is C33H46O5. The van der Waals surface area contributed by atoms with Crippen molar-refractivity contribution >= 4 is 17.7 Å². The second kappa shape index (κ2) is 8.80. The first-order valence-corrected chi connectivity index (χ1v) is 15.2. The SMILES string of the molecule is CC(=O)O[C@]12C[C@H](C)[C@H](OC(=O)C34CC5CC(CC(C5)C3)C4)[C@@H]1/C=C(/C)CC[C@H]1[C@@H](/C=C(\C)C2=O)C1(C)C. The van der Waals surface area contributed by atoms with Crippen LogP contribution < -0.4 is 0 Å². The Morgan fingerprint density at radius 1 is 0.921 bits per heavy atom. The summed E-state index contributed by atoms with van der Waals surface area (Å²) in [5, 5.41) is 0. The number of Topliss-reactive ketones (excluding diaryl/α,β-unsaturated/α-hetero) is 1. The van der Waals surface area contributed by atoms with Gasteiger partial charge in [-0.3, -0.25) is 14.4 Å². The lowest BCUT2D eigenvalue weighted by Gasteiger charge is -2.55. The molecule has 38 heavy (non-hydrogen) atoms. The van der Waals surface area contributed by atoms with Gasteiger partial charge in [-0.2, -0.15) is 0 Å². The zero-order chi connectivity index (χ0) is 27.2. The summed E-state index contributed by atoms with van der Waals surface area (Å²) in [4.78, 5) is 40.8. The van der Waals surface area contributed by atoms with Crippen molar-refractivity contribution in [2.45, 2.75) is 111 Å². The van der Waals surface area contributed by atoms with Gasteiger partial charge in [0.2, 0.25) is 5.78 Å². The van der Waals surface area contributed by atoms with Crippen LogP contribution in [0.25, 0.3) is 0 Å². The van der Waals surface area contributed by atoms with Gasteiger partial charge in [0.05, 0.1) is 11.3 Å². The zero-order valence-electron chi connectivity index (χ0n) is 24.2. The standard InChI is InChI=1S/C33H46O5/c1-18-7-8-25-26(31(25,5)6)10-19(2)29(35)33(38-21(4)34)14-20(3)28(27(33)9-18)37-30(36)32-15-22-11-23(16-32)13-24(12-22)17-32/h9-10,20,22-28H,7-8,11-17H2,1-6H3/b18-9-,19-10+/t20-,22?,23?,24?,25-,26+,27-,28-,32?,33+/m0/s1. The van der Waals surface area contributed by atoms with Crippen LogP contribution in [0.1, 0.15) is 99.3 Å². The molecule has 0 aliphatic heterocycles. The van der Waals surface area contributed by atoms with Crippen molar-refractivity contribution < 1.29 is 23.9 Å². The minimum atomic E-state index is -1.33. The minimum Gasteiger partial charge on any atom is -0.461 e. The van der Waals surface area contributed by atoms with Gasteiger partial charge in [0.15, 0.2) is 5.60 Å². The van der Waals surface area contributed by atoms with E-state index in [9.17, 15) is 14.4 Å². The molecule has 0 saturated heterocycles. The third-order valence-electron chi connectivity index (χ3n) is 11.7. The third-order valence-corrected chi connectivity index (χ3v) is 11.7. The van der Waals surface area contributed by atoms with Crippen LogP contribution >= 0.6 is 0 Å². The fourth-order valence-corrected chi connectivity index (χ4v) is 10.2. The van der Waals surface area contributed by atoms with Crippen molar-refractivity contribution in [3.63, 3.8) is 0 Å². The van der Waals surface area contributed by atoms with Gasteiger partial charge in [-0.25, -0.2) is 0 Å². The molecule has 6 atom stereocenters. The van der Waals surface area contributed by atoms with Crippen LogP contribution in [0, 0.1) is 52.3 Å². The Morgan fingerprint density at radius 2 is 1.53 bits per heavy atom. The second-order valence-corrected chi connectivity index (χ2v) is 14.9. The van der Waals surface area contributed by atoms with E-state index in [1.54, 1.807) is 0 Å². The predicted octanol–water partition coefficient (Wildman–Crippen LogP) is 6.60. The van der Waals surface area contributed by atoms with E-state index >= 15 is 0 Å². The summed E-state index contributed by atoms with van der Waals surface area (Å²) in [6, 6.07) is 0. The van der Waals surface area contributed by atoms with Crippen LogP contribution in [0.3, 0.4) is 0 Å². The molecule has 5 heteroatoms. The van der Waals surface area contributed by atoms with Crippen molar-refractivity contribution in [3.8, 4) is 0 Å². The van der Waals surface area contributed by atoms with E-state index in [1.807, 2.05) is 6.92 Å². The first-order valence-electron chi connectivity index (χ1n) is 15.2. The number of ketones is 1. The number of carbonyl (C=O) groups is 3. The Hall–Kier alpha value is -1.91. The molecule has 0 aromatic carbocycles. The number of allylic oxidation sites excluding steroid dienone is 2. The molecule has 0 N–H and O–H groups in total. The van der Waals surface area contributed by atoms with Crippen LogP contribution in [-0.2, 0) is 23.9 Å². The fraction of sp³-hybridized carbons (Fsp3) is 0.788. The fourth-order valence-electron chi connectivity index (χ4n) is 10.2. The van der Waals surface area contributed by atoms with Gasteiger partial charge in [0.25, 0.3) is 0 Å². The number of hydrogen-bond donors (Lipinski definition) is 0. The lowest BCUT2D eigenvalue weighted by molar-refractivity contribution is -0.183. The summed E-state index contributed by atoms with van der Waals surface area (Å²) in [7, 11) is 0. The molecule has 7 aliphatic carbocycles. The zero-order valence-corrected chi connectivity index (χ0v) is 24.2. The molecule has 0 amide bonds. The van der Waals surface area contributed by atoms with Crippen molar-refractivity contribution in [2.75, 3.05) is 0 Å². The average molecular weight is 523 g/mol. The Morgan fingerprint density at radius 3 is 2.11 bits per heavy atom. The average Bonchev–Trinajstić information content (AvgIpc) is 3.23. The van der Waals surface area contributed by atoms with Gasteiger partial charge in [-0.05, 0) is 112 Å². The van der Waals surface area contributed by atoms with Gasteiger partial charge < -0.3 is 9.47 Å². The van der Waals surface area contributed by atoms with E-state index in [0.717, 1.165) is 32.1 Å². The molecule has 0 aromatic heterocycles. The summed E-state index contributed by atoms with van der Waals surface area (Å²) >= 11 is 0. The van der Waals surface area contributed by atoms with Gasteiger partial charge in [-0.15, -0.1) is 0 Å². The monoisotopic (exact) mass is 522 g/mol. The lowest BCUT2D eigenvalue weighted by Crippen LogP contribution is -2.52. The Kier molecular flexibility index (Phi) is 6.09. The predicted molar refractivity (Wildman–Crippen MR) is 145 cm³/mol. The van der Waals surface area contributed by atoms with Crippen LogP contribution in [0.2, 0.25) is 0 Å². The second-order valence-electron chi connectivity index (χ2n) is 14.9. The van der Waals surface area contributed by atoms with Crippen molar-refractivity contribution in [2.24, 2.45) is 52.3 Å². The molecule has 0 unspecified atom stereocenters. The first-order chi connectivity index (χ1) is 17.8. The Labute approximate surface area is 228 Å². The maximum atomic E-state index is 14.3. The highest BCUT2D eigenvalue weighted by Crippen LogP contribution is 2.63. The van der Waals surface area contributed by atoms with Gasteiger partial charge in [0.1, 0.15) is 6.10 Å². The molecule has 208 valence electrons. The highest BCUT2D eigenvalue weighted by Gasteiger charge is 2.63. The normalized spacial score (nSPS) is 49.5. The van der Waals surface area contributed by atoms with Gasteiger partial charge in [0, 0.05) is 13.3 Å². The molecule has 0 heterocycles. The van der Waals surface area contributed by atoms with E-state index in [1.165, 1.54) is 31.8 Å². The van der Waals surface area contributed by atoms with Gasteiger partial charge in [-0.1, -0.05) is 38.5 Å².